The van der Waals surface area contributed by atoms with E-state index in [1.54, 1.807) is 12.1 Å². The molecule has 1 aromatic rings. The van der Waals surface area contributed by atoms with E-state index >= 15 is 0 Å². The van der Waals surface area contributed by atoms with Crippen LogP contribution in [0, 0.1) is 0 Å². The second-order valence-electron chi connectivity index (χ2n) is 4.19. The SMILES string of the molecule is CCC(N)CC(=O)Nc1ccc(Cl)c(C(=O)NC)c1. The molecule has 19 heavy (non-hydrogen) atoms. The van der Waals surface area contributed by atoms with Crippen molar-refractivity contribution in [3.05, 3.63) is 28.8 Å². The third-order valence-electron chi connectivity index (χ3n) is 2.69. The smallest absolute Gasteiger partial charge is 0.252 e. The summed E-state index contributed by atoms with van der Waals surface area (Å²) in [5.41, 5.74) is 6.55. The molecule has 0 fully saturated rings. The van der Waals surface area contributed by atoms with Gasteiger partial charge in [0.15, 0.2) is 0 Å². The van der Waals surface area contributed by atoms with Gasteiger partial charge in [-0.15, -0.1) is 0 Å². The fourth-order valence-corrected chi connectivity index (χ4v) is 1.71. The molecule has 0 aliphatic carbocycles. The highest BCUT2D eigenvalue weighted by molar-refractivity contribution is 6.34. The third kappa shape index (κ3) is 4.54. The predicted octanol–water partition coefficient (Wildman–Crippen LogP) is 1.77. The van der Waals surface area contributed by atoms with E-state index in [-0.39, 0.29) is 24.3 Å². The minimum absolute atomic E-state index is 0.161. The molecule has 104 valence electrons. The van der Waals surface area contributed by atoms with Crippen LogP contribution in [0.15, 0.2) is 18.2 Å². The van der Waals surface area contributed by atoms with Crippen molar-refractivity contribution in [1.82, 2.24) is 5.32 Å². The van der Waals surface area contributed by atoms with Crippen LogP contribution in [-0.2, 0) is 4.79 Å². The lowest BCUT2D eigenvalue weighted by atomic mass is 10.1. The Kier molecular flexibility index (Phi) is 5.79. The molecule has 6 heteroatoms. The highest BCUT2D eigenvalue weighted by atomic mass is 35.5. The van der Waals surface area contributed by atoms with Crippen LogP contribution in [0.25, 0.3) is 0 Å². The molecule has 0 bridgehead atoms. The van der Waals surface area contributed by atoms with E-state index in [4.69, 9.17) is 17.3 Å². The first-order chi connectivity index (χ1) is 8.97. The number of hydrogen-bond donors (Lipinski definition) is 3. The summed E-state index contributed by atoms with van der Waals surface area (Å²) in [7, 11) is 1.52. The first kappa shape index (κ1) is 15.5. The summed E-state index contributed by atoms with van der Waals surface area (Å²) in [6, 6.07) is 4.59. The number of hydrogen-bond acceptors (Lipinski definition) is 3. The second kappa shape index (κ2) is 7.11. The minimum Gasteiger partial charge on any atom is -0.355 e. The van der Waals surface area contributed by atoms with Gasteiger partial charge in [0.05, 0.1) is 10.6 Å². The minimum atomic E-state index is -0.300. The number of halogens is 1. The lowest BCUT2D eigenvalue weighted by molar-refractivity contribution is -0.116. The van der Waals surface area contributed by atoms with E-state index in [1.165, 1.54) is 13.1 Å². The molecule has 1 aromatic carbocycles. The quantitative estimate of drug-likeness (QED) is 0.770. The number of benzene rings is 1. The standard InChI is InChI=1S/C13H18ClN3O2/c1-3-8(15)6-12(18)17-9-4-5-11(14)10(7-9)13(19)16-2/h4-5,7-8H,3,6,15H2,1-2H3,(H,16,19)(H,17,18). The highest BCUT2D eigenvalue weighted by Gasteiger charge is 2.12. The predicted molar refractivity (Wildman–Crippen MR) is 76.4 cm³/mol. The van der Waals surface area contributed by atoms with Gasteiger partial charge in [-0.25, -0.2) is 0 Å². The normalized spacial score (nSPS) is 11.8. The van der Waals surface area contributed by atoms with Crippen LogP contribution in [0.1, 0.15) is 30.1 Å². The summed E-state index contributed by atoms with van der Waals surface area (Å²) in [6.07, 6.45) is 0.978. The van der Waals surface area contributed by atoms with Gasteiger partial charge in [0.25, 0.3) is 5.91 Å². The van der Waals surface area contributed by atoms with Crippen LogP contribution >= 0.6 is 11.6 Å². The monoisotopic (exact) mass is 283 g/mol. The van der Waals surface area contributed by atoms with Crippen molar-refractivity contribution in [1.29, 1.82) is 0 Å². The van der Waals surface area contributed by atoms with E-state index < -0.39 is 0 Å². The second-order valence-corrected chi connectivity index (χ2v) is 4.60. The van der Waals surface area contributed by atoms with Crippen molar-refractivity contribution >= 4 is 29.1 Å². The van der Waals surface area contributed by atoms with Crippen molar-refractivity contribution in [2.75, 3.05) is 12.4 Å². The maximum Gasteiger partial charge on any atom is 0.252 e. The molecule has 2 amide bonds. The summed E-state index contributed by atoms with van der Waals surface area (Å²) < 4.78 is 0. The Labute approximate surface area is 117 Å². The van der Waals surface area contributed by atoms with Crippen LogP contribution in [0.3, 0.4) is 0 Å². The Hall–Kier alpha value is -1.59. The third-order valence-corrected chi connectivity index (χ3v) is 3.02. The Morgan fingerprint density at radius 2 is 2.11 bits per heavy atom. The van der Waals surface area contributed by atoms with Gasteiger partial charge in [0.1, 0.15) is 0 Å². The molecule has 0 saturated heterocycles. The summed E-state index contributed by atoms with van der Waals surface area (Å²) in [5.74, 6) is -0.481. The molecule has 1 unspecified atom stereocenters. The van der Waals surface area contributed by atoms with Crippen LogP contribution in [0.4, 0.5) is 5.69 Å². The van der Waals surface area contributed by atoms with Crippen molar-refractivity contribution in [2.24, 2.45) is 5.73 Å². The molecular formula is C13H18ClN3O2. The first-order valence-electron chi connectivity index (χ1n) is 6.05. The number of amides is 2. The van der Waals surface area contributed by atoms with Crippen LogP contribution in [0.5, 0.6) is 0 Å². The molecule has 0 aromatic heterocycles. The van der Waals surface area contributed by atoms with E-state index in [2.05, 4.69) is 10.6 Å². The number of carbonyl (C=O) groups excluding carboxylic acids is 2. The Morgan fingerprint density at radius 3 is 2.68 bits per heavy atom. The summed E-state index contributed by atoms with van der Waals surface area (Å²) in [6.45, 7) is 1.92. The maximum atomic E-state index is 11.7. The van der Waals surface area contributed by atoms with Crippen molar-refractivity contribution in [3.8, 4) is 0 Å². The Balaban J connectivity index is 2.80. The number of rotatable bonds is 5. The molecule has 1 rings (SSSR count). The van der Waals surface area contributed by atoms with Crippen LogP contribution < -0.4 is 16.4 Å². The molecule has 0 heterocycles. The van der Waals surface area contributed by atoms with E-state index in [0.29, 0.717) is 16.3 Å². The van der Waals surface area contributed by atoms with Gasteiger partial charge in [-0.2, -0.15) is 0 Å². The molecular weight excluding hydrogens is 266 g/mol. The van der Waals surface area contributed by atoms with Crippen LogP contribution in [0.2, 0.25) is 5.02 Å². The molecule has 0 radical (unpaired) electrons. The maximum absolute atomic E-state index is 11.7. The molecule has 0 saturated carbocycles. The largest absolute Gasteiger partial charge is 0.355 e. The van der Waals surface area contributed by atoms with Gasteiger partial charge < -0.3 is 16.4 Å². The average Bonchev–Trinajstić information content (AvgIpc) is 2.39. The molecule has 0 spiro atoms. The number of nitrogens with one attached hydrogen (secondary N) is 2. The zero-order chi connectivity index (χ0) is 14.4. The number of nitrogens with two attached hydrogens (primary N) is 1. The first-order valence-corrected chi connectivity index (χ1v) is 6.42. The van der Waals surface area contributed by atoms with Gasteiger partial charge in [0.2, 0.25) is 5.91 Å². The molecule has 4 N–H and O–H groups in total. The van der Waals surface area contributed by atoms with Crippen molar-refractivity contribution in [3.63, 3.8) is 0 Å². The fraction of sp³-hybridized carbons (Fsp3) is 0.385. The molecule has 1 atom stereocenters. The van der Waals surface area contributed by atoms with E-state index in [9.17, 15) is 9.59 Å². The average molecular weight is 284 g/mol. The van der Waals surface area contributed by atoms with Crippen molar-refractivity contribution < 1.29 is 9.59 Å². The fourth-order valence-electron chi connectivity index (χ4n) is 1.51. The summed E-state index contributed by atoms with van der Waals surface area (Å²) in [5, 5.41) is 5.52. The van der Waals surface area contributed by atoms with E-state index in [1.807, 2.05) is 6.92 Å². The topological polar surface area (TPSA) is 84.2 Å². The lowest BCUT2D eigenvalue weighted by Crippen LogP contribution is -2.26. The molecule has 5 nitrogen and oxygen atoms in total. The van der Waals surface area contributed by atoms with Crippen molar-refractivity contribution in [2.45, 2.75) is 25.8 Å². The lowest BCUT2D eigenvalue weighted by Gasteiger charge is -2.11. The number of anilines is 1. The zero-order valence-electron chi connectivity index (χ0n) is 11.0. The Morgan fingerprint density at radius 1 is 1.42 bits per heavy atom. The Bertz CT molecular complexity index is 477. The molecule has 0 aliphatic heterocycles. The van der Waals surface area contributed by atoms with Gasteiger partial charge in [-0.1, -0.05) is 18.5 Å². The summed E-state index contributed by atoms with van der Waals surface area (Å²) in [4.78, 5) is 23.3. The summed E-state index contributed by atoms with van der Waals surface area (Å²) >= 11 is 5.92. The van der Waals surface area contributed by atoms with Gasteiger partial charge >= 0.3 is 0 Å². The van der Waals surface area contributed by atoms with E-state index in [0.717, 1.165) is 6.42 Å². The molecule has 0 aliphatic rings. The highest BCUT2D eigenvalue weighted by Crippen LogP contribution is 2.20. The zero-order valence-corrected chi connectivity index (χ0v) is 11.8. The van der Waals surface area contributed by atoms with Crippen LogP contribution in [-0.4, -0.2) is 24.9 Å². The number of carbonyl (C=O) groups is 2. The van der Waals surface area contributed by atoms with Gasteiger partial charge in [-0.05, 0) is 24.6 Å². The van der Waals surface area contributed by atoms with Gasteiger partial charge in [0, 0.05) is 25.2 Å². The van der Waals surface area contributed by atoms with Gasteiger partial charge in [-0.3, -0.25) is 9.59 Å².